The van der Waals surface area contributed by atoms with Gasteiger partial charge < -0.3 is 19.5 Å². The van der Waals surface area contributed by atoms with E-state index in [1.165, 1.54) is 3.97 Å². The number of amides is 1. The minimum Gasteiger partial charge on any atom is -0.475 e. The summed E-state index contributed by atoms with van der Waals surface area (Å²) in [6, 6.07) is 13.2. The van der Waals surface area contributed by atoms with Gasteiger partial charge in [-0.05, 0) is 24.3 Å². The van der Waals surface area contributed by atoms with Gasteiger partial charge in [0.2, 0.25) is 10.0 Å². The normalized spacial score (nSPS) is 14.4. The van der Waals surface area contributed by atoms with Crippen LogP contribution in [-0.2, 0) is 21.9 Å². The van der Waals surface area contributed by atoms with Crippen molar-refractivity contribution in [3.8, 4) is 0 Å². The van der Waals surface area contributed by atoms with Crippen LogP contribution in [0, 0.1) is 0 Å². The number of rotatable bonds is 3. The molecule has 1 saturated heterocycles. The average molecular weight is 552 g/mol. The topological polar surface area (TPSA) is 118 Å². The first-order valence-electron chi connectivity index (χ1n) is 11.3. The second-order valence-electron chi connectivity index (χ2n) is 8.65. The van der Waals surface area contributed by atoms with Gasteiger partial charge in [-0.15, -0.1) is 0 Å². The van der Waals surface area contributed by atoms with Crippen LogP contribution in [0.1, 0.15) is 10.5 Å². The van der Waals surface area contributed by atoms with Gasteiger partial charge in [-0.3, -0.25) is 9.78 Å². The quantitative estimate of drug-likeness (QED) is 0.416. The molecule has 10 nitrogen and oxygen atoms in total. The van der Waals surface area contributed by atoms with E-state index in [0.29, 0.717) is 31.7 Å². The Labute approximate surface area is 215 Å². The fraction of sp³-hybridized carbons (Fsp3) is 0.292. The predicted molar refractivity (Wildman–Crippen MR) is 135 cm³/mol. The Kier molecular flexibility index (Phi) is 7.10. The Morgan fingerprint density at radius 3 is 2.11 bits per heavy atom. The zero-order valence-corrected chi connectivity index (χ0v) is 21.2. The van der Waals surface area contributed by atoms with Gasteiger partial charge in [0.1, 0.15) is 5.69 Å². The molecule has 0 spiro atoms. The highest BCUT2D eigenvalue weighted by Gasteiger charge is 2.38. The van der Waals surface area contributed by atoms with Gasteiger partial charge in [-0.25, -0.2) is 17.2 Å². The number of nitrogens with zero attached hydrogens (tertiary/aromatic N) is 5. The number of pyridine rings is 1. The SMILES string of the molecule is Cn1c2ccccc2c2c1cc(C(=O)N1CCN(c3ccncc3)CC1)n2S(C)(=O)=O.O=C(O)C(F)(F)F. The van der Waals surface area contributed by atoms with Crippen molar-refractivity contribution >= 4 is 49.5 Å². The Morgan fingerprint density at radius 1 is 0.974 bits per heavy atom. The van der Waals surface area contributed by atoms with Crippen LogP contribution < -0.4 is 4.90 Å². The third-order valence-corrected chi connectivity index (χ3v) is 7.25. The Balaban J connectivity index is 0.000000426. The summed E-state index contributed by atoms with van der Waals surface area (Å²) in [5.41, 5.74) is 3.46. The van der Waals surface area contributed by atoms with Crippen molar-refractivity contribution in [1.82, 2.24) is 18.4 Å². The number of aryl methyl sites for hydroxylation is 1. The summed E-state index contributed by atoms with van der Waals surface area (Å²) in [6.07, 6.45) is -0.435. The molecule has 5 rings (SSSR count). The van der Waals surface area contributed by atoms with Gasteiger partial charge >= 0.3 is 12.1 Å². The van der Waals surface area contributed by atoms with E-state index < -0.39 is 22.2 Å². The molecule has 4 aromatic rings. The van der Waals surface area contributed by atoms with Gasteiger partial charge in [-0.2, -0.15) is 13.2 Å². The van der Waals surface area contributed by atoms with Crippen LogP contribution in [0.15, 0.2) is 54.9 Å². The van der Waals surface area contributed by atoms with Crippen molar-refractivity contribution in [2.45, 2.75) is 6.18 Å². The molecule has 0 saturated carbocycles. The van der Waals surface area contributed by atoms with Crippen LogP contribution in [-0.4, -0.2) is 82.4 Å². The molecule has 0 unspecified atom stereocenters. The number of hydrogen-bond acceptors (Lipinski definition) is 6. The van der Waals surface area contributed by atoms with Crippen molar-refractivity contribution in [3.63, 3.8) is 0 Å². The molecule has 3 aromatic heterocycles. The van der Waals surface area contributed by atoms with E-state index in [4.69, 9.17) is 9.90 Å². The van der Waals surface area contributed by atoms with E-state index in [2.05, 4.69) is 9.88 Å². The number of hydrogen-bond donors (Lipinski definition) is 1. The van der Waals surface area contributed by atoms with E-state index in [9.17, 15) is 26.4 Å². The number of aromatic nitrogens is 3. The van der Waals surface area contributed by atoms with E-state index in [-0.39, 0.29) is 11.6 Å². The first kappa shape index (κ1) is 27.0. The van der Waals surface area contributed by atoms with Crippen molar-refractivity contribution < 1.29 is 36.3 Å². The molecule has 202 valence electrons. The van der Waals surface area contributed by atoms with Crippen molar-refractivity contribution in [1.29, 1.82) is 0 Å². The molecule has 1 fully saturated rings. The lowest BCUT2D eigenvalue weighted by molar-refractivity contribution is -0.192. The molecule has 14 heteroatoms. The van der Waals surface area contributed by atoms with Gasteiger partial charge in [0.05, 0.1) is 22.8 Å². The molecule has 1 aromatic carbocycles. The fourth-order valence-corrected chi connectivity index (χ4v) is 5.47. The van der Waals surface area contributed by atoms with E-state index in [1.807, 2.05) is 48.0 Å². The molecule has 1 aliphatic rings. The van der Waals surface area contributed by atoms with Crippen LogP contribution in [0.2, 0.25) is 0 Å². The van der Waals surface area contributed by atoms with Crippen molar-refractivity contribution in [3.05, 3.63) is 60.6 Å². The standard InChI is InChI=1S/C22H23N5O3S.C2HF3O2/c1-24-18-6-4-3-5-17(18)21-19(24)15-20(27(21)31(2,29)30)22(28)26-13-11-25(12-14-26)16-7-9-23-10-8-16;3-2(4,5)1(6)7/h3-10,15H,11-14H2,1-2H3;(H,6,7). The van der Waals surface area contributed by atoms with Crippen LogP contribution in [0.3, 0.4) is 0 Å². The van der Waals surface area contributed by atoms with Crippen LogP contribution in [0.25, 0.3) is 21.9 Å². The van der Waals surface area contributed by atoms with Crippen LogP contribution in [0.4, 0.5) is 18.9 Å². The lowest BCUT2D eigenvalue weighted by Crippen LogP contribution is -2.49. The van der Waals surface area contributed by atoms with Gasteiger partial charge in [0.15, 0.2) is 0 Å². The number of alkyl halides is 3. The molecular formula is C24H24F3N5O5S. The molecule has 0 atom stereocenters. The molecular weight excluding hydrogens is 527 g/mol. The maximum absolute atomic E-state index is 13.4. The number of carbonyl (C=O) groups excluding carboxylic acids is 1. The summed E-state index contributed by atoms with van der Waals surface area (Å²) in [5.74, 6) is -3.02. The number of carbonyl (C=O) groups is 2. The maximum Gasteiger partial charge on any atom is 0.490 e. The average Bonchev–Trinajstić information content (AvgIpc) is 3.40. The van der Waals surface area contributed by atoms with Crippen molar-refractivity contribution in [2.24, 2.45) is 7.05 Å². The predicted octanol–water partition coefficient (Wildman–Crippen LogP) is 2.93. The number of anilines is 1. The highest BCUT2D eigenvalue weighted by molar-refractivity contribution is 7.89. The second kappa shape index (κ2) is 10.0. The second-order valence-corrected chi connectivity index (χ2v) is 10.5. The third kappa shape index (κ3) is 5.16. The highest BCUT2D eigenvalue weighted by Crippen LogP contribution is 2.32. The summed E-state index contributed by atoms with van der Waals surface area (Å²) < 4.78 is 60.4. The Hall–Kier alpha value is -4.07. The zero-order valence-electron chi connectivity index (χ0n) is 20.4. The molecule has 1 aliphatic heterocycles. The fourth-order valence-electron chi connectivity index (χ4n) is 4.46. The van der Waals surface area contributed by atoms with Crippen molar-refractivity contribution in [2.75, 3.05) is 37.3 Å². The monoisotopic (exact) mass is 551 g/mol. The summed E-state index contributed by atoms with van der Waals surface area (Å²) in [5, 5.41) is 7.94. The number of halogens is 3. The first-order chi connectivity index (χ1) is 17.8. The number of aliphatic carboxylic acids is 1. The first-order valence-corrected chi connectivity index (χ1v) is 13.2. The van der Waals surface area contributed by atoms with Crippen LogP contribution in [0.5, 0.6) is 0 Å². The molecule has 0 radical (unpaired) electrons. The lowest BCUT2D eigenvalue weighted by atomic mass is 10.2. The number of benzene rings is 1. The molecule has 1 amide bonds. The third-order valence-electron chi connectivity index (χ3n) is 6.21. The van der Waals surface area contributed by atoms with E-state index in [1.54, 1.807) is 23.4 Å². The number of carboxylic acids is 1. The number of carboxylic acid groups (broad SMARTS) is 1. The Morgan fingerprint density at radius 2 is 1.55 bits per heavy atom. The Bertz CT molecular complexity index is 1610. The smallest absolute Gasteiger partial charge is 0.475 e. The largest absolute Gasteiger partial charge is 0.490 e. The number of piperazine rings is 1. The molecule has 0 bridgehead atoms. The summed E-state index contributed by atoms with van der Waals surface area (Å²) in [7, 11) is -1.81. The van der Waals surface area contributed by atoms with E-state index in [0.717, 1.165) is 28.4 Å². The molecule has 4 heterocycles. The number of para-hydroxylation sites is 1. The summed E-state index contributed by atoms with van der Waals surface area (Å²) in [6.45, 7) is 2.40. The maximum atomic E-state index is 13.4. The minimum absolute atomic E-state index is 0.186. The summed E-state index contributed by atoms with van der Waals surface area (Å²) in [4.78, 5) is 30.3. The van der Waals surface area contributed by atoms with Gasteiger partial charge in [0.25, 0.3) is 5.91 Å². The molecule has 38 heavy (non-hydrogen) atoms. The van der Waals surface area contributed by atoms with E-state index >= 15 is 0 Å². The molecule has 1 N–H and O–H groups in total. The van der Waals surface area contributed by atoms with Crippen LogP contribution >= 0.6 is 0 Å². The molecule has 0 aliphatic carbocycles. The lowest BCUT2D eigenvalue weighted by Gasteiger charge is -2.36. The minimum atomic E-state index is -5.08. The summed E-state index contributed by atoms with van der Waals surface area (Å²) >= 11 is 0. The zero-order chi connectivity index (χ0) is 27.8. The highest BCUT2D eigenvalue weighted by atomic mass is 32.2. The van der Waals surface area contributed by atoms with Gasteiger partial charge in [0, 0.05) is 56.7 Å². The van der Waals surface area contributed by atoms with Gasteiger partial charge in [-0.1, -0.05) is 18.2 Å². The number of fused-ring (bicyclic) bond motifs is 3.